The first-order valence-electron chi connectivity index (χ1n) is 5.83. The first-order valence-corrected chi connectivity index (χ1v) is 7.02. The number of alkyl halides is 6. The molecule has 23 heavy (non-hydrogen) atoms. The van der Waals surface area contributed by atoms with Crippen molar-refractivity contribution in [3.8, 4) is 0 Å². The fourth-order valence-electron chi connectivity index (χ4n) is 1.66. The summed E-state index contributed by atoms with van der Waals surface area (Å²) in [5, 5.41) is 2.01. The molecule has 0 radical (unpaired) electrons. The van der Waals surface area contributed by atoms with E-state index in [1.807, 2.05) is 5.32 Å². The predicted octanol–water partition coefficient (Wildman–Crippen LogP) is 5.69. The minimum atomic E-state index is -4.98. The molecule has 0 saturated heterocycles. The van der Waals surface area contributed by atoms with Crippen LogP contribution in [0.25, 0.3) is 0 Å². The van der Waals surface area contributed by atoms with Gasteiger partial charge in [-0.3, -0.25) is 4.79 Å². The number of hydrogen-bond donors (Lipinski definition) is 1. The predicted molar refractivity (Wildman–Crippen MR) is 73.7 cm³/mol. The minimum Gasteiger partial charge on any atom is -0.321 e. The lowest BCUT2D eigenvalue weighted by Gasteiger charge is -2.14. The van der Waals surface area contributed by atoms with Crippen molar-refractivity contribution in [2.45, 2.75) is 12.4 Å². The zero-order valence-corrected chi connectivity index (χ0v) is 12.4. The lowest BCUT2D eigenvalue weighted by atomic mass is 10.1. The summed E-state index contributed by atoms with van der Waals surface area (Å²) >= 11 is 6.46. The first kappa shape index (κ1) is 17.6. The highest BCUT2D eigenvalue weighted by Gasteiger charge is 2.37. The SMILES string of the molecule is O=C(Nc1cc(C(F)(F)F)cc(C(F)(F)F)c1)c1ccc(Cl)s1. The summed E-state index contributed by atoms with van der Waals surface area (Å²) in [6.45, 7) is 0. The molecule has 124 valence electrons. The number of thiophene rings is 1. The number of nitrogens with one attached hydrogen (secondary N) is 1. The molecule has 2 rings (SSSR count). The Balaban J connectivity index is 2.39. The van der Waals surface area contributed by atoms with Gasteiger partial charge >= 0.3 is 12.4 Å². The van der Waals surface area contributed by atoms with E-state index in [0.717, 1.165) is 11.3 Å². The molecule has 2 nitrogen and oxygen atoms in total. The third-order valence-electron chi connectivity index (χ3n) is 2.64. The van der Waals surface area contributed by atoms with E-state index in [9.17, 15) is 31.1 Å². The highest BCUT2D eigenvalue weighted by atomic mass is 35.5. The Morgan fingerprint density at radius 3 is 1.87 bits per heavy atom. The smallest absolute Gasteiger partial charge is 0.321 e. The zero-order chi connectivity index (χ0) is 17.4. The fourth-order valence-corrected chi connectivity index (χ4v) is 2.59. The average molecular weight is 374 g/mol. The maximum atomic E-state index is 12.7. The van der Waals surface area contributed by atoms with E-state index in [1.54, 1.807) is 0 Å². The van der Waals surface area contributed by atoms with Crippen LogP contribution in [0.3, 0.4) is 0 Å². The normalized spacial score (nSPS) is 12.3. The van der Waals surface area contributed by atoms with E-state index in [2.05, 4.69) is 0 Å². The molecule has 0 unspecified atom stereocenters. The summed E-state index contributed by atoms with van der Waals surface area (Å²) in [6, 6.07) is 3.54. The van der Waals surface area contributed by atoms with Gasteiger partial charge in [-0.2, -0.15) is 26.3 Å². The number of amides is 1. The lowest BCUT2D eigenvalue weighted by Crippen LogP contribution is -2.15. The van der Waals surface area contributed by atoms with Gasteiger partial charge in [-0.1, -0.05) is 11.6 Å². The van der Waals surface area contributed by atoms with E-state index < -0.39 is 35.1 Å². The van der Waals surface area contributed by atoms with Crippen LogP contribution in [-0.4, -0.2) is 5.91 Å². The number of hydrogen-bond acceptors (Lipinski definition) is 2. The molecule has 0 fully saturated rings. The lowest BCUT2D eigenvalue weighted by molar-refractivity contribution is -0.143. The van der Waals surface area contributed by atoms with Crippen molar-refractivity contribution in [2.24, 2.45) is 0 Å². The summed E-state index contributed by atoms with van der Waals surface area (Å²) < 4.78 is 76.5. The molecule has 0 atom stereocenters. The van der Waals surface area contributed by atoms with Gasteiger partial charge in [0.25, 0.3) is 5.91 Å². The number of rotatable bonds is 2. The van der Waals surface area contributed by atoms with E-state index in [0.29, 0.717) is 12.1 Å². The van der Waals surface area contributed by atoms with Crippen LogP contribution in [0, 0.1) is 0 Å². The van der Waals surface area contributed by atoms with Crippen molar-refractivity contribution >= 4 is 34.5 Å². The Morgan fingerprint density at radius 1 is 0.957 bits per heavy atom. The Morgan fingerprint density at radius 2 is 1.48 bits per heavy atom. The Kier molecular flexibility index (Phi) is 4.63. The molecule has 0 aliphatic carbocycles. The van der Waals surface area contributed by atoms with Gasteiger partial charge in [-0.15, -0.1) is 11.3 Å². The maximum Gasteiger partial charge on any atom is 0.416 e. The summed E-state index contributed by atoms with van der Waals surface area (Å²) in [7, 11) is 0. The molecular weight excluding hydrogens is 368 g/mol. The van der Waals surface area contributed by atoms with Gasteiger partial charge in [0.1, 0.15) is 0 Å². The second-order valence-corrected chi connectivity index (χ2v) is 6.07. The van der Waals surface area contributed by atoms with Crippen molar-refractivity contribution in [3.05, 3.63) is 50.7 Å². The minimum absolute atomic E-state index is 0.0162. The van der Waals surface area contributed by atoms with Gasteiger partial charge in [0.05, 0.1) is 20.3 Å². The number of anilines is 1. The third kappa shape index (κ3) is 4.38. The molecule has 1 N–H and O–H groups in total. The summed E-state index contributed by atoms with van der Waals surface area (Å²) in [5.74, 6) is -0.852. The van der Waals surface area contributed by atoms with Crippen LogP contribution in [0.4, 0.5) is 32.0 Å². The molecule has 0 aliphatic rings. The fraction of sp³-hybridized carbons (Fsp3) is 0.154. The van der Waals surface area contributed by atoms with Gasteiger partial charge in [0, 0.05) is 5.69 Å². The largest absolute Gasteiger partial charge is 0.416 e. The van der Waals surface area contributed by atoms with Crippen LogP contribution in [-0.2, 0) is 12.4 Å². The molecule has 2 aromatic rings. The average Bonchev–Trinajstić information content (AvgIpc) is 2.83. The number of carbonyl (C=O) groups excluding carboxylic acids is 1. The van der Waals surface area contributed by atoms with Gasteiger partial charge in [-0.05, 0) is 30.3 Å². The zero-order valence-electron chi connectivity index (χ0n) is 10.8. The van der Waals surface area contributed by atoms with Crippen molar-refractivity contribution in [2.75, 3.05) is 5.32 Å². The van der Waals surface area contributed by atoms with Gasteiger partial charge < -0.3 is 5.32 Å². The second-order valence-electron chi connectivity index (χ2n) is 4.35. The molecule has 0 spiro atoms. The second kappa shape index (κ2) is 6.04. The van der Waals surface area contributed by atoms with Gasteiger partial charge in [0.2, 0.25) is 0 Å². The van der Waals surface area contributed by atoms with E-state index >= 15 is 0 Å². The summed E-state index contributed by atoms with van der Waals surface area (Å²) in [5.41, 5.74) is -3.62. The van der Waals surface area contributed by atoms with Crippen LogP contribution in [0.1, 0.15) is 20.8 Å². The number of carbonyl (C=O) groups is 1. The van der Waals surface area contributed by atoms with Gasteiger partial charge in [-0.25, -0.2) is 0 Å². The van der Waals surface area contributed by atoms with Crippen molar-refractivity contribution in [1.82, 2.24) is 0 Å². The van der Waals surface area contributed by atoms with Crippen LogP contribution in [0.5, 0.6) is 0 Å². The van der Waals surface area contributed by atoms with Crippen LogP contribution in [0.2, 0.25) is 4.34 Å². The number of halogens is 7. The molecule has 10 heteroatoms. The standard InChI is InChI=1S/C13H6ClF6NOS/c14-10-2-1-9(23-10)11(22)21-8-4-6(12(15,16)17)3-7(5-8)13(18,19)20/h1-5H,(H,21,22). The molecule has 0 bridgehead atoms. The third-order valence-corrected chi connectivity index (χ3v) is 3.87. The van der Waals surface area contributed by atoms with Crippen molar-refractivity contribution < 1.29 is 31.1 Å². The molecule has 1 heterocycles. The maximum absolute atomic E-state index is 12.7. The topological polar surface area (TPSA) is 29.1 Å². The van der Waals surface area contributed by atoms with E-state index in [1.165, 1.54) is 12.1 Å². The molecule has 0 saturated carbocycles. The number of benzene rings is 1. The summed E-state index contributed by atoms with van der Waals surface area (Å²) in [6.07, 6.45) is -9.96. The monoisotopic (exact) mass is 373 g/mol. The molecule has 1 amide bonds. The van der Waals surface area contributed by atoms with E-state index in [4.69, 9.17) is 11.6 Å². The van der Waals surface area contributed by atoms with E-state index in [-0.39, 0.29) is 15.3 Å². The summed E-state index contributed by atoms with van der Waals surface area (Å²) in [4.78, 5) is 11.9. The van der Waals surface area contributed by atoms with Crippen molar-refractivity contribution in [1.29, 1.82) is 0 Å². The molecule has 0 aliphatic heterocycles. The van der Waals surface area contributed by atoms with Crippen LogP contribution >= 0.6 is 22.9 Å². The Labute approximate surface area is 134 Å². The molecule has 1 aromatic heterocycles. The Bertz CT molecular complexity index is 705. The van der Waals surface area contributed by atoms with Crippen LogP contribution in [0.15, 0.2) is 30.3 Å². The molecule has 1 aromatic carbocycles. The van der Waals surface area contributed by atoms with Gasteiger partial charge in [0.15, 0.2) is 0 Å². The molecular formula is C13H6ClF6NOS. The highest BCUT2D eigenvalue weighted by molar-refractivity contribution is 7.18. The van der Waals surface area contributed by atoms with Crippen molar-refractivity contribution in [3.63, 3.8) is 0 Å². The quantitative estimate of drug-likeness (QED) is 0.673. The first-order chi connectivity index (χ1) is 10.5. The highest BCUT2D eigenvalue weighted by Crippen LogP contribution is 2.37. The Hall–Kier alpha value is -1.74. The van der Waals surface area contributed by atoms with Crippen LogP contribution < -0.4 is 5.32 Å².